The first-order valence-electron chi connectivity index (χ1n) is 6.74. The van der Waals surface area contributed by atoms with Gasteiger partial charge in [-0.05, 0) is 43.0 Å². The van der Waals surface area contributed by atoms with Crippen molar-refractivity contribution in [3.63, 3.8) is 0 Å². The number of nitrogens with zero attached hydrogens (tertiary/aromatic N) is 1. The molecular formula is C16H17N3S. The summed E-state index contributed by atoms with van der Waals surface area (Å²) in [4.78, 5) is 4.93. The summed E-state index contributed by atoms with van der Waals surface area (Å²) in [6.07, 6.45) is 2.03. The molecule has 1 aliphatic rings. The molecule has 0 aliphatic heterocycles. The fourth-order valence-corrected chi connectivity index (χ4v) is 2.88. The lowest BCUT2D eigenvalue weighted by Crippen LogP contribution is -2.23. The number of nitrogens with one attached hydrogen (secondary N) is 1. The van der Waals surface area contributed by atoms with Crippen molar-refractivity contribution in [3.8, 4) is 0 Å². The van der Waals surface area contributed by atoms with Gasteiger partial charge in [0.25, 0.3) is 0 Å². The maximum atomic E-state index is 5.77. The van der Waals surface area contributed by atoms with Gasteiger partial charge in [-0.3, -0.25) is 0 Å². The number of rotatable bonds is 3. The van der Waals surface area contributed by atoms with Crippen LogP contribution >= 0.6 is 12.2 Å². The zero-order valence-electron chi connectivity index (χ0n) is 11.4. The van der Waals surface area contributed by atoms with E-state index in [-0.39, 0.29) is 0 Å². The monoisotopic (exact) mass is 283 g/mol. The van der Waals surface area contributed by atoms with Crippen LogP contribution in [0, 0.1) is 6.92 Å². The van der Waals surface area contributed by atoms with E-state index in [0.29, 0.717) is 11.0 Å². The Labute approximate surface area is 124 Å². The summed E-state index contributed by atoms with van der Waals surface area (Å²) in [7, 11) is 0. The molecule has 1 heterocycles. The Hall–Kier alpha value is -1.94. The molecule has 0 fully saturated rings. The van der Waals surface area contributed by atoms with E-state index in [1.54, 1.807) is 0 Å². The van der Waals surface area contributed by atoms with Crippen molar-refractivity contribution in [3.05, 3.63) is 58.8 Å². The SMILES string of the molecule is Cc1ccc(C(N)=S)c(NC2Cc3ccccc3C2)n1. The number of hydrogen-bond donors (Lipinski definition) is 2. The summed E-state index contributed by atoms with van der Waals surface area (Å²) in [5.74, 6) is 0.801. The van der Waals surface area contributed by atoms with Gasteiger partial charge >= 0.3 is 0 Å². The fourth-order valence-electron chi connectivity index (χ4n) is 2.72. The highest BCUT2D eigenvalue weighted by Gasteiger charge is 2.22. The Morgan fingerprint density at radius 1 is 1.20 bits per heavy atom. The van der Waals surface area contributed by atoms with E-state index in [4.69, 9.17) is 18.0 Å². The van der Waals surface area contributed by atoms with E-state index >= 15 is 0 Å². The van der Waals surface area contributed by atoms with Gasteiger partial charge in [0.15, 0.2) is 0 Å². The summed E-state index contributed by atoms with van der Waals surface area (Å²) in [5.41, 5.74) is 10.4. The maximum absolute atomic E-state index is 5.77. The molecule has 20 heavy (non-hydrogen) atoms. The van der Waals surface area contributed by atoms with Gasteiger partial charge in [-0.15, -0.1) is 0 Å². The topological polar surface area (TPSA) is 50.9 Å². The molecule has 102 valence electrons. The summed E-state index contributed by atoms with van der Waals surface area (Å²) in [6, 6.07) is 12.8. The lowest BCUT2D eigenvalue weighted by atomic mass is 10.1. The molecule has 0 spiro atoms. The summed E-state index contributed by atoms with van der Waals surface area (Å²) < 4.78 is 0. The molecule has 1 aromatic carbocycles. The number of thiocarbonyl (C=S) groups is 1. The van der Waals surface area contributed by atoms with E-state index in [2.05, 4.69) is 34.6 Å². The fraction of sp³-hybridized carbons (Fsp3) is 0.250. The van der Waals surface area contributed by atoms with Crippen LogP contribution in [0.25, 0.3) is 0 Å². The smallest absolute Gasteiger partial charge is 0.136 e. The minimum absolute atomic E-state index is 0.356. The quantitative estimate of drug-likeness (QED) is 0.850. The predicted octanol–water partition coefficient (Wildman–Crippen LogP) is 2.60. The average molecular weight is 283 g/mol. The van der Waals surface area contributed by atoms with Crippen molar-refractivity contribution in [1.29, 1.82) is 0 Å². The van der Waals surface area contributed by atoms with Gasteiger partial charge in [-0.25, -0.2) is 4.98 Å². The molecule has 0 amide bonds. The molecule has 1 aliphatic carbocycles. The van der Waals surface area contributed by atoms with Gasteiger partial charge in [-0.2, -0.15) is 0 Å². The standard InChI is InChI=1S/C16H17N3S/c1-10-6-7-14(15(17)20)16(18-10)19-13-8-11-4-2-3-5-12(11)9-13/h2-7,13H,8-9H2,1H3,(H2,17,20)(H,18,19). The highest BCUT2D eigenvalue weighted by molar-refractivity contribution is 7.80. The summed E-state index contributed by atoms with van der Waals surface area (Å²) in [6.45, 7) is 1.97. The zero-order valence-corrected chi connectivity index (χ0v) is 12.2. The Bertz CT molecular complexity index is 642. The molecule has 0 saturated heterocycles. The van der Waals surface area contributed by atoms with Gasteiger partial charge in [0.05, 0.1) is 5.56 Å². The van der Waals surface area contributed by atoms with Crippen molar-refractivity contribution in [2.75, 3.05) is 5.32 Å². The van der Waals surface area contributed by atoms with Crippen molar-refractivity contribution >= 4 is 23.0 Å². The minimum atomic E-state index is 0.356. The van der Waals surface area contributed by atoms with Crippen molar-refractivity contribution < 1.29 is 0 Å². The van der Waals surface area contributed by atoms with E-state index in [0.717, 1.165) is 29.9 Å². The third kappa shape index (κ3) is 2.51. The third-order valence-corrected chi connectivity index (χ3v) is 3.91. The Morgan fingerprint density at radius 3 is 2.45 bits per heavy atom. The molecule has 3 nitrogen and oxygen atoms in total. The number of nitrogens with two attached hydrogens (primary N) is 1. The first-order valence-corrected chi connectivity index (χ1v) is 7.15. The maximum Gasteiger partial charge on any atom is 0.136 e. The normalized spacial score (nSPS) is 14.1. The number of benzene rings is 1. The van der Waals surface area contributed by atoms with Crippen LogP contribution in [-0.2, 0) is 12.8 Å². The van der Waals surface area contributed by atoms with E-state index in [9.17, 15) is 0 Å². The van der Waals surface area contributed by atoms with Crippen molar-refractivity contribution in [1.82, 2.24) is 4.98 Å². The molecule has 0 radical (unpaired) electrons. The van der Waals surface area contributed by atoms with Gasteiger partial charge in [0.1, 0.15) is 10.8 Å². The first-order chi connectivity index (χ1) is 9.63. The van der Waals surface area contributed by atoms with Crippen LogP contribution < -0.4 is 11.1 Å². The average Bonchev–Trinajstić information content (AvgIpc) is 2.80. The van der Waals surface area contributed by atoms with Crippen LogP contribution in [0.1, 0.15) is 22.4 Å². The van der Waals surface area contributed by atoms with Crippen LogP contribution in [0.4, 0.5) is 5.82 Å². The predicted molar refractivity (Wildman–Crippen MR) is 86.1 cm³/mol. The molecule has 0 saturated carbocycles. The number of hydrogen-bond acceptors (Lipinski definition) is 3. The second-order valence-corrected chi connectivity index (χ2v) is 5.67. The first kappa shape index (κ1) is 13.1. The van der Waals surface area contributed by atoms with Crippen LogP contribution in [-0.4, -0.2) is 16.0 Å². The van der Waals surface area contributed by atoms with E-state index < -0.39 is 0 Å². The van der Waals surface area contributed by atoms with Crippen LogP contribution in [0.5, 0.6) is 0 Å². The van der Waals surface area contributed by atoms with Gasteiger partial charge < -0.3 is 11.1 Å². The summed E-state index contributed by atoms with van der Waals surface area (Å²) >= 11 is 5.10. The molecule has 0 atom stereocenters. The number of fused-ring (bicyclic) bond motifs is 1. The molecule has 0 bridgehead atoms. The minimum Gasteiger partial charge on any atom is -0.389 e. The third-order valence-electron chi connectivity index (χ3n) is 3.69. The molecule has 3 N–H and O–H groups in total. The second kappa shape index (κ2) is 5.21. The molecule has 3 rings (SSSR count). The number of aryl methyl sites for hydroxylation is 1. The van der Waals surface area contributed by atoms with Gasteiger partial charge in [-0.1, -0.05) is 36.5 Å². The lowest BCUT2D eigenvalue weighted by Gasteiger charge is -2.16. The molecular weight excluding hydrogens is 266 g/mol. The summed E-state index contributed by atoms with van der Waals surface area (Å²) in [5, 5.41) is 3.50. The Kier molecular flexibility index (Phi) is 3.40. The largest absolute Gasteiger partial charge is 0.389 e. The van der Waals surface area contributed by atoms with E-state index in [1.807, 2.05) is 19.1 Å². The Morgan fingerprint density at radius 2 is 1.85 bits per heavy atom. The van der Waals surface area contributed by atoms with Gasteiger partial charge in [0, 0.05) is 11.7 Å². The zero-order chi connectivity index (χ0) is 14.1. The van der Waals surface area contributed by atoms with Gasteiger partial charge in [0.2, 0.25) is 0 Å². The highest BCUT2D eigenvalue weighted by Crippen LogP contribution is 2.25. The van der Waals surface area contributed by atoms with Crippen LogP contribution in [0.3, 0.4) is 0 Å². The second-order valence-electron chi connectivity index (χ2n) is 5.23. The van der Waals surface area contributed by atoms with Crippen molar-refractivity contribution in [2.45, 2.75) is 25.8 Å². The lowest BCUT2D eigenvalue weighted by molar-refractivity contribution is 0.767. The molecule has 4 heteroatoms. The van der Waals surface area contributed by atoms with E-state index in [1.165, 1.54) is 11.1 Å². The van der Waals surface area contributed by atoms with Crippen molar-refractivity contribution in [2.24, 2.45) is 5.73 Å². The van der Waals surface area contributed by atoms with Crippen LogP contribution in [0.2, 0.25) is 0 Å². The number of anilines is 1. The Balaban J connectivity index is 1.83. The molecule has 1 aromatic heterocycles. The highest BCUT2D eigenvalue weighted by atomic mass is 32.1. The number of pyridine rings is 1. The molecule has 2 aromatic rings. The number of aromatic nitrogens is 1. The molecule has 0 unspecified atom stereocenters. The van der Waals surface area contributed by atoms with Crippen LogP contribution in [0.15, 0.2) is 36.4 Å².